The maximum atomic E-state index is 12.8. The molecule has 0 N–H and O–H groups in total. The van der Waals surface area contributed by atoms with Crippen molar-refractivity contribution in [1.29, 1.82) is 5.26 Å². The first-order valence-corrected chi connectivity index (χ1v) is 8.69. The van der Waals surface area contributed by atoms with Gasteiger partial charge in [-0.25, -0.2) is 13.4 Å². The van der Waals surface area contributed by atoms with Crippen LogP contribution in [0.2, 0.25) is 5.15 Å². The van der Waals surface area contributed by atoms with Gasteiger partial charge in [0.15, 0.2) is 15.1 Å². The molecular formula is C11H13ClN4O3S2. The van der Waals surface area contributed by atoms with Gasteiger partial charge < -0.3 is 4.74 Å². The Balaban J connectivity index is 2.43. The van der Waals surface area contributed by atoms with E-state index in [2.05, 4.69) is 4.98 Å². The SMILES string of the molecule is COCCN(CCC#N)S(=O)(=O)c1c(Cl)nc2sccn12. The van der Waals surface area contributed by atoms with Gasteiger partial charge in [-0.05, 0) is 0 Å². The number of halogens is 1. The molecule has 0 fully saturated rings. The summed E-state index contributed by atoms with van der Waals surface area (Å²) in [4.78, 5) is 4.53. The van der Waals surface area contributed by atoms with Crippen molar-refractivity contribution in [3.8, 4) is 6.07 Å². The number of hydrogen-bond acceptors (Lipinski definition) is 6. The van der Waals surface area contributed by atoms with Crippen LogP contribution in [0.15, 0.2) is 16.6 Å². The molecule has 0 saturated heterocycles. The van der Waals surface area contributed by atoms with Crippen molar-refractivity contribution in [2.24, 2.45) is 0 Å². The van der Waals surface area contributed by atoms with E-state index in [1.54, 1.807) is 11.6 Å². The zero-order valence-electron chi connectivity index (χ0n) is 11.2. The molecule has 0 aliphatic carbocycles. The quantitative estimate of drug-likeness (QED) is 0.758. The number of nitriles is 1. The molecule has 2 rings (SSSR count). The highest BCUT2D eigenvalue weighted by Crippen LogP contribution is 2.27. The standard InChI is InChI=1S/C11H13ClN4O3S2/c1-19-7-5-15(4-2-3-13)21(17,18)10-9(12)14-11-16(10)6-8-20-11/h6,8H,2,4-5,7H2,1H3. The number of rotatable bonds is 7. The van der Waals surface area contributed by atoms with Gasteiger partial charge in [-0.3, -0.25) is 4.40 Å². The average Bonchev–Trinajstić information content (AvgIpc) is 2.97. The van der Waals surface area contributed by atoms with Crippen LogP contribution in [0.5, 0.6) is 0 Å². The number of fused-ring (bicyclic) bond motifs is 1. The predicted octanol–water partition coefficient (Wildman–Crippen LogP) is 1.60. The molecule has 2 aromatic heterocycles. The molecular weight excluding hydrogens is 336 g/mol. The molecule has 0 aliphatic heterocycles. The minimum absolute atomic E-state index is 0.0683. The van der Waals surface area contributed by atoms with Crippen LogP contribution in [0.1, 0.15) is 6.42 Å². The Morgan fingerprint density at radius 2 is 2.33 bits per heavy atom. The number of hydrogen-bond donors (Lipinski definition) is 0. The number of thiazole rings is 1. The fourth-order valence-corrected chi connectivity index (χ4v) is 4.64. The summed E-state index contributed by atoms with van der Waals surface area (Å²) in [5, 5.41) is 10.3. The second-order valence-electron chi connectivity index (χ2n) is 4.07. The Labute approximate surface area is 131 Å². The van der Waals surface area contributed by atoms with Crippen molar-refractivity contribution in [3.05, 3.63) is 16.7 Å². The van der Waals surface area contributed by atoms with Crippen LogP contribution in [0.4, 0.5) is 0 Å². The van der Waals surface area contributed by atoms with Crippen molar-refractivity contribution in [2.45, 2.75) is 11.4 Å². The molecule has 2 heterocycles. The molecule has 0 saturated carbocycles. The van der Waals surface area contributed by atoms with E-state index in [1.807, 2.05) is 6.07 Å². The molecule has 0 aliphatic rings. The maximum Gasteiger partial charge on any atom is 0.262 e. The Kier molecular flexibility index (Phi) is 5.18. The lowest BCUT2D eigenvalue weighted by Crippen LogP contribution is -2.35. The van der Waals surface area contributed by atoms with Gasteiger partial charge in [-0.2, -0.15) is 9.57 Å². The van der Waals surface area contributed by atoms with E-state index in [4.69, 9.17) is 21.6 Å². The molecule has 21 heavy (non-hydrogen) atoms. The van der Waals surface area contributed by atoms with E-state index in [9.17, 15) is 8.42 Å². The van der Waals surface area contributed by atoms with E-state index >= 15 is 0 Å². The highest BCUT2D eigenvalue weighted by molar-refractivity contribution is 7.89. The van der Waals surface area contributed by atoms with Crippen LogP contribution >= 0.6 is 22.9 Å². The normalized spacial score (nSPS) is 12.1. The van der Waals surface area contributed by atoms with Crippen molar-refractivity contribution in [1.82, 2.24) is 13.7 Å². The fraction of sp³-hybridized carbons (Fsp3) is 0.455. The van der Waals surface area contributed by atoms with E-state index in [0.717, 1.165) is 0 Å². The highest BCUT2D eigenvalue weighted by atomic mass is 35.5. The highest BCUT2D eigenvalue weighted by Gasteiger charge is 2.31. The lowest BCUT2D eigenvalue weighted by Gasteiger charge is -2.20. The number of aromatic nitrogens is 2. The monoisotopic (exact) mass is 348 g/mol. The first kappa shape index (κ1) is 16.2. The summed E-state index contributed by atoms with van der Waals surface area (Å²) >= 11 is 7.27. The smallest absolute Gasteiger partial charge is 0.262 e. The number of ether oxygens (including phenoxy) is 1. The van der Waals surface area contributed by atoms with Crippen LogP contribution < -0.4 is 0 Å². The van der Waals surface area contributed by atoms with Crippen molar-refractivity contribution in [3.63, 3.8) is 0 Å². The zero-order valence-corrected chi connectivity index (χ0v) is 13.6. The minimum atomic E-state index is -3.85. The third-order valence-corrected chi connectivity index (χ3v) is 5.84. The summed E-state index contributed by atoms with van der Waals surface area (Å²) in [6.45, 7) is 0.456. The molecule has 2 aromatic rings. The molecule has 114 valence electrons. The molecule has 10 heteroatoms. The lowest BCUT2D eigenvalue weighted by molar-refractivity contribution is 0.179. The molecule has 0 unspecified atom stereocenters. The Hall–Kier alpha value is -1.18. The second kappa shape index (κ2) is 6.72. The van der Waals surface area contributed by atoms with Gasteiger partial charge in [-0.15, -0.1) is 11.3 Å². The van der Waals surface area contributed by atoms with Gasteiger partial charge in [0.1, 0.15) is 0 Å². The number of sulfonamides is 1. The Morgan fingerprint density at radius 3 is 3.00 bits per heavy atom. The van der Waals surface area contributed by atoms with Gasteiger partial charge in [0.25, 0.3) is 10.0 Å². The first-order chi connectivity index (χ1) is 10.0. The molecule has 0 atom stereocenters. The van der Waals surface area contributed by atoms with Crippen LogP contribution in [0, 0.1) is 11.3 Å². The van der Waals surface area contributed by atoms with Crippen molar-refractivity contribution < 1.29 is 13.2 Å². The third kappa shape index (κ3) is 3.20. The molecule has 0 bridgehead atoms. The zero-order chi connectivity index (χ0) is 15.5. The first-order valence-electron chi connectivity index (χ1n) is 5.99. The van der Waals surface area contributed by atoms with E-state index in [0.29, 0.717) is 4.96 Å². The number of methoxy groups -OCH3 is 1. The minimum Gasteiger partial charge on any atom is -0.383 e. The van der Waals surface area contributed by atoms with E-state index in [1.165, 1.54) is 27.2 Å². The third-order valence-electron chi connectivity index (χ3n) is 2.78. The van der Waals surface area contributed by atoms with Crippen LogP contribution in [-0.2, 0) is 14.8 Å². The molecule has 7 nitrogen and oxygen atoms in total. The second-order valence-corrected chi connectivity index (χ2v) is 7.15. The van der Waals surface area contributed by atoms with Crippen LogP contribution in [0.25, 0.3) is 4.96 Å². The van der Waals surface area contributed by atoms with Gasteiger partial charge >= 0.3 is 0 Å². The fourth-order valence-electron chi connectivity index (χ4n) is 1.81. The van der Waals surface area contributed by atoms with Crippen LogP contribution in [0.3, 0.4) is 0 Å². The Morgan fingerprint density at radius 1 is 1.57 bits per heavy atom. The predicted molar refractivity (Wildman–Crippen MR) is 78.9 cm³/mol. The van der Waals surface area contributed by atoms with E-state index < -0.39 is 10.0 Å². The maximum absolute atomic E-state index is 12.8. The topological polar surface area (TPSA) is 87.7 Å². The lowest BCUT2D eigenvalue weighted by atomic mass is 10.4. The van der Waals surface area contributed by atoms with Gasteiger partial charge in [-0.1, -0.05) is 11.6 Å². The number of imidazole rings is 1. The molecule has 0 amide bonds. The van der Waals surface area contributed by atoms with Crippen LogP contribution in [-0.4, -0.2) is 48.9 Å². The summed E-state index contributed by atoms with van der Waals surface area (Å²) in [7, 11) is -2.37. The summed E-state index contributed by atoms with van der Waals surface area (Å²) < 4.78 is 33.1. The number of nitrogens with zero attached hydrogens (tertiary/aromatic N) is 4. The van der Waals surface area contributed by atoms with E-state index in [-0.39, 0.29) is 36.3 Å². The average molecular weight is 349 g/mol. The molecule has 0 aromatic carbocycles. The summed E-state index contributed by atoms with van der Waals surface area (Å²) in [5.74, 6) is 0. The summed E-state index contributed by atoms with van der Waals surface area (Å²) in [5.41, 5.74) is 0. The molecule has 0 radical (unpaired) electrons. The molecule has 0 spiro atoms. The largest absolute Gasteiger partial charge is 0.383 e. The summed E-state index contributed by atoms with van der Waals surface area (Å²) in [6.07, 6.45) is 1.69. The summed E-state index contributed by atoms with van der Waals surface area (Å²) in [6, 6.07) is 1.94. The van der Waals surface area contributed by atoms with Crippen molar-refractivity contribution >= 4 is 37.9 Å². The Bertz CT molecular complexity index is 762. The van der Waals surface area contributed by atoms with Gasteiger partial charge in [0.2, 0.25) is 0 Å². The van der Waals surface area contributed by atoms with Gasteiger partial charge in [0.05, 0.1) is 12.7 Å². The van der Waals surface area contributed by atoms with Gasteiger partial charge in [0, 0.05) is 38.2 Å². The van der Waals surface area contributed by atoms with Crippen molar-refractivity contribution in [2.75, 3.05) is 26.8 Å².